The summed E-state index contributed by atoms with van der Waals surface area (Å²) in [5.41, 5.74) is -0.685. The molecule has 2 N–H and O–H groups in total. The molecule has 0 aliphatic carbocycles. The van der Waals surface area contributed by atoms with Crippen LogP contribution in [0.4, 0.5) is 4.79 Å². The molecule has 0 spiro atoms. The number of nitrogens with one attached hydrogen (secondary N) is 2. The first-order valence-electron chi connectivity index (χ1n) is 8.68. The molecule has 2 heterocycles. The Balaban J connectivity index is 1.74. The minimum absolute atomic E-state index is 0.00601. The van der Waals surface area contributed by atoms with Crippen molar-refractivity contribution in [1.29, 1.82) is 0 Å². The zero-order valence-corrected chi connectivity index (χ0v) is 15.1. The monoisotopic (exact) mass is 361 g/mol. The van der Waals surface area contributed by atoms with Gasteiger partial charge in [0, 0.05) is 6.04 Å². The Morgan fingerprint density at radius 1 is 1.35 bits per heavy atom. The summed E-state index contributed by atoms with van der Waals surface area (Å²) >= 11 is 0. The summed E-state index contributed by atoms with van der Waals surface area (Å²) in [5.74, 6) is 0.287. The molecule has 140 valence electrons. The summed E-state index contributed by atoms with van der Waals surface area (Å²) in [4.78, 5) is 38.3. The number of benzene rings is 1. The maximum absolute atomic E-state index is 12.9. The van der Waals surface area contributed by atoms with Crippen LogP contribution >= 0.6 is 0 Å². The molecule has 4 amide bonds. The van der Waals surface area contributed by atoms with E-state index in [-0.39, 0.29) is 25.3 Å². The van der Waals surface area contributed by atoms with Gasteiger partial charge in [-0.2, -0.15) is 0 Å². The molecule has 2 atom stereocenters. The highest BCUT2D eigenvalue weighted by atomic mass is 16.7. The third-order valence-electron chi connectivity index (χ3n) is 4.66. The number of ether oxygens (including phenoxy) is 2. The quantitative estimate of drug-likeness (QED) is 0.748. The number of rotatable bonds is 6. The van der Waals surface area contributed by atoms with Crippen molar-refractivity contribution < 1.29 is 23.9 Å². The molecule has 1 aromatic carbocycles. The fourth-order valence-electron chi connectivity index (χ4n) is 3.21. The van der Waals surface area contributed by atoms with E-state index in [0.717, 1.165) is 17.7 Å². The first-order valence-corrected chi connectivity index (χ1v) is 8.68. The summed E-state index contributed by atoms with van der Waals surface area (Å²) < 4.78 is 10.6. The van der Waals surface area contributed by atoms with E-state index in [2.05, 4.69) is 10.6 Å². The van der Waals surface area contributed by atoms with Crippen molar-refractivity contribution in [1.82, 2.24) is 15.5 Å². The van der Waals surface area contributed by atoms with E-state index in [1.807, 2.05) is 13.8 Å². The Morgan fingerprint density at radius 2 is 2.08 bits per heavy atom. The molecule has 2 aliphatic heterocycles. The number of urea groups is 1. The number of carbonyl (C=O) groups is 3. The zero-order chi connectivity index (χ0) is 18.9. The number of imide groups is 1. The van der Waals surface area contributed by atoms with Crippen molar-refractivity contribution in [2.75, 3.05) is 13.3 Å². The van der Waals surface area contributed by atoms with Gasteiger partial charge >= 0.3 is 6.03 Å². The molecule has 8 heteroatoms. The van der Waals surface area contributed by atoms with Gasteiger partial charge in [0.25, 0.3) is 5.91 Å². The average molecular weight is 361 g/mol. The fourth-order valence-corrected chi connectivity index (χ4v) is 3.21. The van der Waals surface area contributed by atoms with E-state index >= 15 is 0 Å². The predicted molar refractivity (Wildman–Crippen MR) is 92.7 cm³/mol. The van der Waals surface area contributed by atoms with Crippen LogP contribution in [0.5, 0.6) is 11.5 Å². The summed E-state index contributed by atoms with van der Waals surface area (Å²) in [7, 11) is 0. The van der Waals surface area contributed by atoms with Crippen molar-refractivity contribution in [3.63, 3.8) is 0 Å². The highest BCUT2D eigenvalue weighted by Crippen LogP contribution is 2.37. The molecule has 0 radical (unpaired) electrons. The van der Waals surface area contributed by atoms with Crippen LogP contribution in [0.15, 0.2) is 18.2 Å². The molecular weight excluding hydrogens is 338 g/mol. The highest BCUT2D eigenvalue weighted by Gasteiger charge is 2.49. The van der Waals surface area contributed by atoms with E-state index in [9.17, 15) is 14.4 Å². The summed E-state index contributed by atoms with van der Waals surface area (Å²) in [5, 5.41) is 5.48. The number of fused-ring (bicyclic) bond motifs is 1. The van der Waals surface area contributed by atoms with Gasteiger partial charge in [-0.05, 0) is 38.0 Å². The van der Waals surface area contributed by atoms with Gasteiger partial charge in [-0.3, -0.25) is 14.5 Å². The second-order valence-corrected chi connectivity index (χ2v) is 6.77. The Hall–Kier alpha value is -2.77. The standard InChI is InChI=1S/C18H23N3O5/c1-4-5-11(2)19-15(22)9-21-16(23)18(3,20-17(21)24)12-6-7-13-14(8-12)26-10-25-13/h6-8,11H,4-5,9-10H2,1-3H3,(H,19,22)(H,20,24)/t11-,18-/m1/s1. The molecule has 0 bridgehead atoms. The summed E-state index contributed by atoms with van der Waals surface area (Å²) in [6, 6.07) is 4.48. The Labute approximate surface area is 151 Å². The van der Waals surface area contributed by atoms with Gasteiger partial charge in [0.2, 0.25) is 12.7 Å². The van der Waals surface area contributed by atoms with Crippen LogP contribution in [-0.2, 0) is 15.1 Å². The van der Waals surface area contributed by atoms with Crippen molar-refractivity contribution in [3.05, 3.63) is 23.8 Å². The molecule has 0 unspecified atom stereocenters. The topological polar surface area (TPSA) is 97.0 Å². The molecule has 2 aliphatic rings. The third kappa shape index (κ3) is 3.18. The van der Waals surface area contributed by atoms with Crippen molar-refractivity contribution in [3.8, 4) is 11.5 Å². The predicted octanol–water partition coefficient (Wildman–Crippen LogP) is 1.49. The molecule has 1 fully saturated rings. The van der Waals surface area contributed by atoms with Crippen LogP contribution in [-0.4, -0.2) is 42.1 Å². The molecule has 0 saturated carbocycles. The van der Waals surface area contributed by atoms with Gasteiger partial charge < -0.3 is 20.1 Å². The third-order valence-corrected chi connectivity index (χ3v) is 4.66. The lowest BCUT2D eigenvalue weighted by Gasteiger charge is -2.22. The zero-order valence-electron chi connectivity index (χ0n) is 15.1. The van der Waals surface area contributed by atoms with Crippen LogP contribution in [0.2, 0.25) is 0 Å². The fraction of sp³-hybridized carbons (Fsp3) is 0.500. The number of carbonyl (C=O) groups excluding carboxylic acids is 3. The minimum Gasteiger partial charge on any atom is -0.454 e. The van der Waals surface area contributed by atoms with Crippen molar-refractivity contribution in [2.45, 2.75) is 45.2 Å². The second kappa shape index (κ2) is 6.86. The maximum Gasteiger partial charge on any atom is 0.325 e. The largest absolute Gasteiger partial charge is 0.454 e. The molecule has 1 aromatic rings. The van der Waals surface area contributed by atoms with Gasteiger partial charge in [0.05, 0.1) is 0 Å². The lowest BCUT2D eigenvalue weighted by atomic mass is 9.91. The molecule has 8 nitrogen and oxygen atoms in total. The van der Waals surface area contributed by atoms with E-state index in [1.165, 1.54) is 0 Å². The van der Waals surface area contributed by atoms with E-state index in [4.69, 9.17) is 9.47 Å². The van der Waals surface area contributed by atoms with Gasteiger partial charge in [-0.15, -0.1) is 0 Å². The molecule has 1 saturated heterocycles. The molecule has 26 heavy (non-hydrogen) atoms. The Morgan fingerprint density at radius 3 is 2.81 bits per heavy atom. The van der Waals surface area contributed by atoms with Crippen LogP contribution in [0.3, 0.4) is 0 Å². The van der Waals surface area contributed by atoms with Gasteiger partial charge in [0.15, 0.2) is 11.5 Å². The van der Waals surface area contributed by atoms with Crippen molar-refractivity contribution >= 4 is 17.8 Å². The maximum atomic E-state index is 12.9. The Kier molecular flexibility index (Phi) is 4.76. The second-order valence-electron chi connectivity index (χ2n) is 6.77. The first-order chi connectivity index (χ1) is 12.3. The first kappa shape index (κ1) is 18.0. The molecule has 3 rings (SSSR count). The number of hydrogen-bond donors (Lipinski definition) is 2. The number of amides is 4. The van der Waals surface area contributed by atoms with Crippen LogP contribution < -0.4 is 20.1 Å². The van der Waals surface area contributed by atoms with Gasteiger partial charge in [0.1, 0.15) is 12.1 Å². The number of nitrogens with zero attached hydrogens (tertiary/aromatic N) is 1. The Bertz CT molecular complexity index is 750. The lowest BCUT2D eigenvalue weighted by Crippen LogP contribution is -2.44. The van der Waals surface area contributed by atoms with Gasteiger partial charge in [-0.25, -0.2) is 4.79 Å². The lowest BCUT2D eigenvalue weighted by molar-refractivity contribution is -0.135. The molecule has 0 aromatic heterocycles. The highest BCUT2D eigenvalue weighted by molar-refractivity contribution is 6.09. The average Bonchev–Trinajstić information content (AvgIpc) is 3.13. The van der Waals surface area contributed by atoms with Crippen LogP contribution in [0.25, 0.3) is 0 Å². The van der Waals surface area contributed by atoms with E-state index < -0.39 is 17.5 Å². The van der Waals surface area contributed by atoms with Crippen LogP contribution in [0, 0.1) is 0 Å². The minimum atomic E-state index is -1.26. The van der Waals surface area contributed by atoms with E-state index in [1.54, 1.807) is 25.1 Å². The van der Waals surface area contributed by atoms with Gasteiger partial charge in [-0.1, -0.05) is 19.4 Å². The normalized spacial score (nSPS) is 22.3. The SMILES string of the molecule is CCC[C@@H](C)NC(=O)CN1C(=O)N[C@](C)(c2ccc3c(c2)OCO3)C1=O. The summed E-state index contributed by atoms with van der Waals surface area (Å²) in [6.45, 7) is 5.35. The van der Waals surface area contributed by atoms with Crippen LogP contribution in [0.1, 0.15) is 39.2 Å². The molecular formula is C18H23N3O5. The number of hydrogen-bond acceptors (Lipinski definition) is 5. The van der Waals surface area contributed by atoms with Crippen molar-refractivity contribution in [2.24, 2.45) is 0 Å². The van der Waals surface area contributed by atoms with E-state index in [0.29, 0.717) is 17.1 Å². The smallest absolute Gasteiger partial charge is 0.325 e. The summed E-state index contributed by atoms with van der Waals surface area (Å²) in [6.07, 6.45) is 1.77.